The van der Waals surface area contributed by atoms with E-state index in [1.165, 1.54) is 0 Å². The van der Waals surface area contributed by atoms with Crippen LogP contribution in [-0.4, -0.2) is 17.1 Å². The van der Waals surface area contributed by atoms with Crippen molar-refractivity contribution in [3.8, 4) is 5.75 Å². The van der Waals surface area contributed by atoms with Gasteiger partial charge in [0, 0.05) is 11.6 Å². The summed E-state index contributed by atoms with van der Waals surface area (Å²) < 4.78 is 5.03. The molecule has 2 heterocycles. The Morgan fingerprint density at radius 2 is 2.23 bits per heavy atom. The molecule has 0 N–H and O–H groups in total. The van der Waals surface area contributed by atoms with E-state index >= 15 is 0 Å². The Bertz CT molecular complexity index is 445. The normalized spacial score (nSPS) is 10.3. The standard InChI is InChI=1S/C9H7ClN2O/c1-13-7-5-12-9-6(8(7)10)3-2-4-11-9/h2-5H,1H3. The van der Waals surface area contributed by atoms with E-state index in [-0.39, 0.29) is 0 Å². The minimum Gasteiger partial charge on any atom is -0.494 e. The van der Waals surface area contributed by atoms with Gasteiger partial charge >= 0.3 is 0 Å². The van der Waals surface area contributed by atoms with Crippen molar-refractivity contribution in [2.75, 3.05) is 7.11 Å². The minimum absolute atomic E-state index is 0.556. The van der Waals surface area contributed by atoms with Gasteiger partial charge in [-0.2, -0.15) is 0 Å². The molecule has 0 aromatic carbocycles. The highest BCUT2D eigenvalue weighted by Gasteiger charge is 2.06. The van der Waals surface area contributed by atoms with E-state index in [9.17, 15) is 0 Å². The number of rotatable bonds is 1. The molecule has 4 heteroatoms. The third-order valence-corrected chi connectivity index (χ3v) is 2.15. The van der Waals surface area contributed by atoms with E-state index in [0.29, 0.717) is 16.4 Å². The van der Waals surface area contributed by atoms with Gasteiger partial charge in [0.1, 0.15) is 0 Å². The van der Waals surface area contributed by atoms with Crippen LogP contribution in [0.1, 0.15) is 0 Å². The molecule has 0 aliphatic rings. The Morgan fingerprint density at radius 3 is 3.00 bits per heavy atom. The summed E-state index contributed by atoms with van der Waals surface area (Å²) in [5, 5.41) is 1.36. The highest BCUT2D eigenvalue weighted by molar-refractivity contribution is 6.36. The quantitative estimate of drug-likeness (QED) is 0.699. The molecule has 0 fully saturated rings. The molecule has 0 amide bonds. The van der Waals surface area contributed by atoms with E-state index in [0.717, 1.165) is 5.39 Å². The minimum atomic E-state index is 0.556. The highest BCUT2D eigenvalue weighted by Crippen LogP contribution is 2.29. The number of halogens is 1. The zero-order valence-electron chi connectivity index (χ0n) is 6.99. The summed E-state index contributed by atoms with van der Waals surface area (Å²) in [4.78, 5) is 8.16. The molecule has 2 rings (SSSR count). The predicted octanol–water partition coefficient (Wildman–Crippen LogP) is 2.29. The average molecular weight is 195 g/mol. The van der Waals surface area contributed by atoms with Crippen LogP contribution in [0.15, 0.2) is 24.5 Å². The van der Waals surface area contributed by atoms with Gasteiger partial charge in [-0.25, -0.2) is 9.97 Å². The first-order valence-corrected chi connectivity index (χ1v) is 4.14. The second-order valence-electron chi connectivity index (χ2n) is 2.52. The van der Waals surface area contributed by atoms with Crippen LogP contribution in [0.3, 0.4) is 0 Å². The fourth-order valence-corrected chi connectivity index (χ4v) is 1.40. The summed E-state index contributed by atoms with van der Waals surface area (Å²) in [6.07, 6.45) is 3.25. The first-order chi connectivity index (χ1) is 6.33. The third kappa shape index (κ3) is 1.31. The van der Waals surface area contributed by atoms with E-state index in [2.05, 4.69) is 9.97 Å². The van der Waals surface area contributed by atoms with Crippen LogP contribution in [0.5, 0.6) is 5.75 Å². The molecule has 0 unspecified atom stereocenters. The molecular formula is C9H7ClN2O. The van der Waals surface area contributed by atoms with E-state index < -0.39 is 0 Å². The maximum atomic E-state index is 6.04. The summed E-state index contributed by atoms with van der Waals surface area (Å²) in [5.41, 5.74) is 0.633. The van der Waals surface area contributed by atoms with E-state index in [1.807, 2.05) is 12.1 Å². The molecule has 0 radical (unpaired) electrons. The SMILES string of the molecule is COc1cnc2ncccc2c1Cl. The number of methoxy groups -OCH3 is 1. The number of ether oxygens (including phenoxy) is 1. The Hall–Kier alpha value is -1.35. The van der Waals surface area contributed by atoms with Gasteiger partial charge in [-0.05, 0) is 12.1 Å². The van der Waals surface area contributed by atoms with Gasteiger partial charge < -0.3 is 4.74 Å². The number of pyridine rings is 2. The maximum Gasteiger partial charge on any atom is 0.160 e. The Labute approximate surface area is 80.3 Å². The zero-order valence-corrected chi connectivity index (χ0v) is 7.75. The molecule has 0 aliphatic heterocycles. The van der Waals surface area contributed by atoms with E-state index in [4.69, 9.17) is 16.3 Å². The molecular weight excluding hydrogens is 188 g/mol. The molecule has 0 bridgehead atoms. The molecule has 0 atom stereocenters. The lowest BCUT2D eigenvalue weighted by molar-refractivity contribution is 0.414. The fraction of sp³-hybridized carbons (Fsp3) is 0.111. The van der Waals surface area contributed by atoms with Gasteiger partial charge in [0.05, 0.1) is 18.3 Å². The summed E-state index contributed by atoms with van der Waals surface area (Å²) in [5.74, 6) is 0.571. The molecule has 66 valence electrons. The van der Waals surface area contributed by atoms with Gasteiger partial charge in [-0.1, -0.05) is 11.6 Å². The maximum absolute atomic E-state index is 6.04. The number of aromatic nitrogens is 2. The van der Waals surface area contributed by atoms with Crippen molar-refractivity contribution < 1.29 is 4.74 Å². The number of hydrogen-bond donors (Lipinski definition) is 0. The van der Waals surface area contributed by atoms with Gasteiger partial charge in [0.15, 0.2) is 11.4 Å². The topological polar surface area (TPSA) is 35.0 Å². The van der Waals surface area contributed by atoms with Crippen LogP contribution < -0.4 is 4.74 Å². The molecule has 0 saturated heterocycles. The predicted molar refractivity (Wildman–Crippen MR) is 51.1 cm³/mol. The zero-order chi connectivity index (χ0) is 9.26. The summed E-state index contributed by atoms with van der Waals surface area (Å²) in [7, 11) is 1.56. The van der Waals surface area contributed by atoms with Gasteiger partial charge in [-0.3, -0.25) is 0 Å². The lowest BCUT2D eigenvalue weighted by Crippen LogP contribution is -1.89. The van der Waals surface area contributed by atoms with Crippen molar-refractivity contribution in [3.63, 3.8) is 0 Å². The molecule has 13 heavy (non-hydrogen) atoms. The molecule has 3 nitrogen and oxygen atoms in total. The lowest BCUT2D eigenvalue weighted by atomic mass is 10.3. The van der Waals surface area contributed by atoms with Gasteiger partial charge in [0.25, 0.3) is 0 Å². The van der Waals surface area contributed by atoms with Crippen molar-refractivity contribution >= 4 is 22.6 Å². The van der Waals surface area contributed by atoms with Crippen molar-refractivity contribution in [2.45, 2.75) is 0 Å². The van der Waals surface area contributed by atoms with Gasteiger partial charge in [-0.15, -0.1) is 0 Å². The van der Waals surface area contributed by atoms with E-state index in [1.54, 1.807) is 19.5 Å². The monoisotopic (exact) mass is 194 g/mol. The molecule has 0 saturated carbocycles. The molecule has 2 aromatic rings. The van der Waals surface area contributed by atoms with Crippen LogP contribution in [0.2, 0.25) is 5.02 Å². The van der Waals surface area contributed by atoms with Crippen molar-refractivity contribution in [1.29, 1.82) is 0 Å². The molecule has 2 aromatic heterocycles. The number of nitrogens with zero attached hydrogens (tertiary/aromatic N) is 2. The summed E-state index contributed by atoms with van der Waals surface area (Å²) in [6.45, 7) is 0. The second kappa shape index (κ2) is 3.18. The average Bonchev–Trinajstić information content (AvgIpc) is 2.19. The van der Waals surface area contributed by atoms with Crippen LogP contribution in [-0.2, 0) is 0 Å². The van der Waals surface area contributed by atoms with Crippen LogP contribution >= 0.6 is 11.6 Å². The third-order valence-electron chi connectivity index (χ3n) is 1.76. The summed E-state index contributed by atoms with van der Waals surface area (Å²) >= 11 is 6.04. The van der Waals surface area contributed by atoms with Crippen molar-refractivity contribution in [2.24, 2.45) is 0 Å². The number of fused-ring (bicyclic) bond motifs is 1. The number of hydrogen-bond acceptors (Lipinski definition) is 3. The first-order valence-electron chi connectivity index (χ1n) is 3.76. The second-order valence-corrected chi connectivity index (χ2v) is 2.89. The van der Waals surface area contributed by atoms with Crippen molar-refractivity contribution in [1.82, 2.24) is 9.97 Å². The lowest BCUT2D eigenvalue weighted by Gasteiger charge is -2.03. The Kier molecular flexibility index (Phi) is 2.02. The van der Waals surface area contributed by atoms with Gasteiger partial charge in [0.2, 0.25) is 0 Å². The van der Waals surface area contributed by atoms with Crippen molar-refractivity contribution in [3.05, 3.63) is 29.5 Å². The largest absolute Gasteiger partial charge is 0.494 e. The van der Waals surface area contributed by atoms with Crippen LogP contribution in [0.4, 0.5) is 0 Å². The smallest absolute Gasteiger partial charge is 0.160 e. The first kappa shape index (κ1) is 8.26. The molecule has 0 spiro atoms. The molecule has 0 aliphatic carbocycles. The van der Waals surface area contributed by atoms with Crippen LogP contribution in [0, 0.1) is 0 Å². The van der Waals surface area contributed by atoms with Crippen LogP contribution in [0.25, 0.3) is 11.0 Å². The highest BCUT2D eigenvalue weighted by atomic mass is 35.5. The Balaban J connectivity index is 2.79. The summed E-state index contributed by atoms with van der Waals surface area (Å²) in [6, 6.07) is 3.68. The Morgan fingerprint density at radius 1 is 1.38 bits per heavy atom. The fourth-order valence-electron chi connectivity index (χ4n) is 1.12.